The van der Waals surface area contributed by atoms with E-state index in [9.17, 15) is 4.79 Å². The van der Waals surface area contributed by atoms with E-state index in [-0.39, 0.29) is 6.42 Å². The van der Waals surface area contributed by atoms with Gasteiger partial charge in [-0.3, -0.25) is 4.79 Å². The van der Waals surface area contributed by atoms with Gasteiger partial charge < -0.3 is 9.83 Å². The first-order valence-electron chi connectivity index (χ1n) is 2.78. The molecule has 4 nitrogen and oxygen atoms in total. The molecule has 1 heterocycles. The Morgan fingerprint density at radius 1 is 1.91 bits per heavy atom. The average Bonchev–Trinajstić information content (AvgIpc) is 2.34. The summed E-state index contributed by atoms with van der Waals surface area (Å²) >= 11 is 5.09. The second-order valence-electron chi connectivity index (χ2n) is 1.83. The zero-order valence-corrected chi connectivity index (χ0v) is 7.15. The van der Waals surface area contributed by atoms with Crippen molar-refractivity contribution >= 4 is 35.3 Å². The number of nitrogens with one attached hydrogen (secondary N) is 1. The first-order valence-corrected chi connectivity index (χ1v) is 4.11. The molecule has 2 N–H and O–H groups in total. The van der Waals surface area contributed by atoms with Crippen LogP contribution in [0.5, 0.6) is 0 Å². The maximum absolute atomic E-state index is 10.2. The molecule has 60 valence electrons. The molecule has 0 aromatic carbocycles. The Labute approximate surface area is 72.8 Å². The van der Waals surface area contributed by atoms with Crippen molar-refractivity contribution < 1.29 is 9.90 Å². The Morgan fingerprint density at radius 3 is 3.09 bits per heavy atom. The van der Waals surface area contributed by atoms with E-state index in [0.29, 0.717) is 10.8 Å². The molecule has 0 saturated heterocycles. The van der Waals surface area contributed by atoms with Gasteiger partial charge in [-0.1, -0.05) is 12.8 Å². The summed E-state index contributed by atoms with van der Waals surface area (Å²) in [6, 6.07) is 0. The van der Waals surface area contributed by atoms with Crippen LogP contribution in [0.4, 0.5) is 5.13 Å². The molecule has 0 bridgehead atoms. The van der Waals surface area contributed by atoms with Crippen LogP contribution in [0.2, 0.25) is 0 Å². The molecule has 1 aromatic rings. The monoisotopic (exact) mass is 190 g/mol. The van der Waals surface area contributed by atoms with Crippen molar-refractivity contribution in [2.24, 2.45) is 0 Å². The summed E-state index contributed by atoms with van der Waals surface area (Å²) in [5.41, 5.74) is 0.555. The fourth-order valence-corrected chi connectivity index (χ4v) is 1.41. The summed E-state index contributed by atoms with van der Waals surface area (Å²) in [6.45, 7) is 0. The topological polar surface area (TPSA) is 62.2 Å². The molecule has 0 aliphatic carbocycles. The SMILES string of the molecule is O=C(O)Cc1csc(NS)n1. The van der Waals surface area contributed by atoms with E-state index in [4.69, 9.17) is 5.11 Å². The van der Waals surface area contributed by atoms with Crippen LogP contribution < -0.4 is 4.72 Å². The number of carbonyl (C=O) groups is 1. The molecule has 0 radical (unpaired) electrons. The van der Waals surface area contributed by atoms with Crippen LogP contribution in [0, 0.1) is 0 Å². The van der Waals surface area contributed by atoms with Crippen molar-refractivity contribution in [1.82, 2.24) is 4.98 Å². The molecular formula is C5H6N2O2S2. The second kappa shape index (κ2) is 3.59. The van der Waals surface area contributed by atoms with Crippen molar-refractivity contribution in [2.45, 2.75) is 6.42 Å². The Morgan fingerprint density at radius 2 is 2.64 bits per heavy atom. The Balaban J connectivity index is 2.65. The maximum atomic E-state index is 10.2. The molecule has 0 saturated carbocycles. The van der Waals surface area contributed by atoms with Crippen molar-refractivity contribution in [1.29, 1.82) is 0 Å². The standard InChI is InChI=1S/C5H6N2O2S2/c8-4(9)1-3-2-11-5(6-3)7-10/h2,10H,1H2,(H,6,7)(H,8,9). The normalized spacial score (nSPS) is 9.55. The molecule has 11 heavy (non-hydrogen) atoms. The van der Waals surface area contributed by atoms with Gasteiger partial charge in [0, 0.05) is 5.38 Å². The number of thiazole rings is 1. The van der Waals surface area contributed by atoms with Crippen molar-refractivity contribution in [3.05, 3.63) is 11.1 Å². The number of rotatable bonds is 3. The average molecular weight is 190 g/mol. The van der Waals surface area contributed by atoms with E-state index in [1.54, 1.807) is 5.38 Å². The minimum Gasteiger partial charge on any atom is -0.481 e. The number of aliphatic carboxylic acids is 1. The Bertz CT molecular complexity index is 261. The zero-order chi connectivity index (χ0) is 8.27. The van der Waals surface area contributed by atoms with Gasteiger partial charge in [0.25, 0.3) is 0 Å². The lowest BCUT2D eigenvalue weighted by Gasteiger charge is -1.88. The highest BCUT2D eigenvalue weighted by molar-refractivity contribution is 7.81. The predicted octanol–water partition coefficient (Wildman–Crippen LogP) is 1.03. The molecule has 0 unspecified atom stereocenters. The molecule has 1 aromatic heterocycles. The molecule has 0 amide bonds. The summed E-state index contributed by atoms with van der Waals surface area (Å²) in [4.78, 5) is 14.1. The van der Waals surface area contributed by atoms with Gasteiger partial charge in [0.15, 0.2) is 5.13 Å². The minimum absolute atomic E-state index is 0.0358. The van der Waals surface area contributed by atoms with Gasteiger partial charge in [-0.2, -0.15) is 0 Å². The van der Waals surface area contributed by atoms with Gasteiger partial charge >= 0.3 is 5.97 Å². The quantitative estimate of drug-likeness (QED) is 0.623. The number of carboxylic acid groups (broad SMARTS) is 1. The fourth-order valence-electron chi connectivity index (χ4n) is 0.594. The number of carboxylic acids is 1. The van der Waals surface area contributed by atoms with Gasteiger partial charge in [0.05, 0.1) is 12.1 Å². The molecule has 0 fully saturated rings. The fraction of sp³-hybridized carbons (Fsp3) is 0.200. The van der Waals surface area contributed by atoms with Crippen molar-refractivity contribution in [2.75, 3.05) is 4.72 Å². The Hall–Kier alpha value is -0.750. The molecule has 0 atom stereocenters. The Kier molecular flexibility index (Phi) is 2.72. The minimum atomic E-state index is -0.874. The number of thiol groups is 1. The molecule has 0 spiro atoms. The highest BCUT2D eigenvalue weighted by Gasteiger charge is 2.04. The van der Waals surface area contributed by atoms with Crippen LogP contribution in [0.3, 0.4) is 0 Å². The predicted molar refractivity (Wildman–Crippen MR) is 46.1 cm³/mol. The zero-order valence-electron chi connectivity index (χ0n) is 5.44. The van der Waals surface area contributed by atoms with Gasteiger partial charge in [-0.15, -0.1) is 11.3 Å². The van der Waals surface area contributed by atoms with E-state index >= 15 is 0 Å². The molecular weight excluding hydrogens is 184 g/mol. The van der Waals surface area contributed by atoms with Crippen LogP contribution >= 0.6 is 24.2 Å². The summed E-state index contributed by atoms with van der Waals surface area (Å²) in [7, 11) is 0. The van der Waals surface area contributed by atoms with Gasteiger partial charge in [0.1, 0.15) is 0 Å². The van der Waals surface area contributed by atoms with Crippen molar-refractivity contribution in [3.8, 4) is 0 Å². The maximum Gasteiger partial charge on any atom is 0.309 e. The van der Waals surface area contributed by atoms with E-state index in [0.717, 1.165) is 0 Å². The lowest BCUT2D eigenvalue weighted by atomic mass is 10.3. The first kappa shape index (κ1) is 8.35. The van der Waals surface area contributed by atoms with Crippen LogP contribution in [0.15, 0.2) is 5.38 Å². The summed E-state index contributed by atoms with van der Waals surface area (Å²) in [5.74, 6) is -0.874. The van der Waals surface area contributed by atoms with Crippen LogP contribution in [0.25, 0.3) is 0 Å². The van der Waals surface area contributed by atoms with Gasteiger partial charge in [-0.25, -0.2) is 4.98 Å². The third kappa shape index (κ3) is 2.39. The highest BCUT2D eigenvalue weighted by Crippen LogP contribution is 2.15. The lowest BCUT2D eigenvalue weighted by Crippen LogP contribution is -1.99. The van der Waals surface area contributed by atoms with Gasteiger partial charge in [-0.05, 0) is 0 Å². The van der Waals surface area contributed by atoms with Gasteiger partial charge in [0.2, 0.25) is 0 Å². The number of anilines is 1. The first-order chi connectivity index (χ1) is 5.22. The summed E-state index contributed by atoms with van der Waals surface area (Å²) < 4.78 is 2.53. The van der Waals surface area contributed by atoms with Crippen LogP contribution in [0.1, 0.15) is 5.69 Å². The number of hydrogen-bond acceptors (Lipinski definition) is 5. The highest BCUT2D eigenvalue weighted by atomic mass is 32.1. The largest absolute Gasteiger partial charge is 0.481 e. The summed E-state index contributed by atoms with van der Waals surface area (Å²) in [6.07, 6.45) is -0.0358. The van der Waals surface area contributed by atoms with Crippen LogP contribution in [-0.4, -0.2) is 16.1 Å². The smallest absolute Gasteiger partial charge is 0.309 e. The molecule has 0 aliphatic rings. The van der Waals surface area contributed by atoms with E-state index < -0.39 is 5.97 Å². The van der Waals surface area contributed by atoms with E-state index in [2.05, 4.69) is 22.5 Å². The number of hydrogen-bond donors (Lipinski definition) is 3. The third-order valence-corrected chi connectivity index (χ3v) is 2.15. The second-order valence-corrected chi connectivity index (χ2v) is 2.91. The van der Waals surface area contributed by atoms with E-state index in [1.165, 1.54) is 11.3 Å². The molecule has 0 aliphatic heterocycles. The molecule has 6 heteroatoms. The van der Waals surface area contributed by atoms with E-state index in [1.807, 2.05) is 0 Å². The van der Waals surface area contributed by atoms with Crippen molar-refractivity contribution in [3.63, 3.8) is 0 Å². The summed E-state index contributed by atoms with van der Waals surface area (Å²) in [5, 5.41) is 10.7. The number of aromatic nitrogens is 1. The third-order valence-electron chi connectivity index (χ3n) is 0.980. The number of nitrogens with zero attached hydrogens (tertiary/aromatic N) is 1. The van der Waals surface area contributed by atoms with Crippen LogP contribution in [-0.2, 0) is 11.2 Å². The molecule has 1 rings (SSSR count). The lowest BCUT2D eigenvalue weighted by molar-refractivity contribution is -0.136.